The molecule has 6 heteroatoms. The summed E-state index contributed by atoms with van der Waals surface area (Å²) in [6.45, 7) is 4.96. The van der Waals surface area contributed by atoms with Gasteiger partial charge >= 0.3 is 0 Å². The van der Waals surface area contributed by atoms with E-state index in [9.17, 15) is 4.79 Å². The zero-order valence-electron chi connectivity index (χ0n) is 13.7. The molecule has 4 N–H and O–H groups in total. The summed E-state index contributed by atoms with van der Waals surface area (Å²) in [4.78, 5) is 17.8. The highest BCUT2D eigenvalue weighted by molar-refractivity contribution is 7.99. The first kappa shape index (κ1) is 16.5. The Morgan fingerprint density at radius 1 is 0.917 bits per heavy atom. The van der Waals surface area contributed by atoms with Crippen molar-refractivity contribution in [2.45, 2.75) is 16.7 Å². The number of hydrogen-bond acceptors (Lipinski definition) is 5. The summed E-state index contributed by atoms with van der Waals surface area (Å²) < 4.78 is 0. The number of amides is 1. The van der Waals surface area contributed by atoms with E-state index < -0.39 is 0 Å². The zero-order chi connectivity index (χ0) is 17.1. The van der Waals surface area contributed by atoms with Gasteiger partial charge in [-0.25, -0.2) is 0 Å². The second-order valence-corrected chi connectivity index (χ2v) is 7.03. The predicted molar refractivity (Wildman–Crippen MR) is 100 cm³/mol. The van der Waals surface area contributed by atoms with E-state index >= 15 is 0 Å². The molecule has 3 rings (SSSR count). The first-order valence-corrected chi connectivity index (χ1v) is 8.78. The average molecular weight is 342 g/mol. The van der Waals surface area contributed by atoms with Gasteiger partial charge in [0.1, 0.15) is 0 Å². The van der Waals surface area contributed by atoms with E-state index in [4.69, 9.17) is 11.5 Å². The van der Waals surface area contributed by atoms with E-state index in [1.807, 2.05) is 23.1 Å². The molecule has 0 saturated carbocycles. The van der Waals surface area contributed by atoms with Crippen LogP contribution in [0.3, 0.4) is 0 Å². The first-order valence-electron chi connectivity index (χ1n) is 7.96. The monoisotopic (exact) mass is 342 g/mol. The fourth-order valence-corrected chi connectivity index (χ4v) is 3.62. The molecule has 0 unspecified atom stereocenters. The van der Waals surface area contributed by atoms with E-state index in [0.717, 1.165) is 36.0 Å². The van der Waals surface area contributed by atoms with Crippen LogP contribution in [0.5, 0.6) is 0 Å². The Morgan fingerprint density at radius 2 is 1.54 bits per heavy atom. The van der Waals surface area contributed by atoms with Gasteiger partial charge in [-0.1, -0.05) is 11.8 Å². The number of piperazine rings is 1. The maximum Gasteiger partial charge on any atom is 0.219 e. The standard InChI is InChI=1S/C18H22N4OS/c1-13(23)21-8-10-22(11-9-21)14-2-4-15(5-3-14)24-16-6-7-17(19)18(20)12-16/h2-7,12H,8-11,19-20H2,1H3. The minimum Gasteiger partial charge on any atom is -0.397 e. The molecule has 0 spiro atoms. The Balaban J connectivity index is 1.63. The molecule has 2 aromatic rings. The maximum absolute atomic E-state index is 11.4. The molecule has 0 aliphatic carbocycles. The second-order valence-electron chi connectivity index (χ2n) is 5.88. The zero-order valence-corrected chi connectivity index (χ0v) is 14.6. The van der Waals surface area contributed by atoms with E-state index in [1.165, 1.54) is 5.69 Å². The predicted octanol–water partition coefficient (Wildman–Crippen LogP) is 2.67. The lowest BCUT2D eigenvalue weighted by Gasteiger charge is -2.35. The molecule has 5 nitrogen and oxygen atoms in total. The van der Waals surface area contributed by atoms with E-state index in [2.05, 4.69) is 29.2 Å². The molecular formula is C18H22N4OS. The molecule has 1 aliphatic rings. The fraction of sp³-hybridized carbons (Fsp3) is 0.278. The van der Waals surface area contributed by atoms with Crippen LogP contribution in [0.4, 0.5) is 17.1 Å². The number of nitrogen functional groups attached to an aromatic ring is 2. The van der Waals surface area contributed by atoms with Crippen molar-refractivity contribution in [3.05, 3.63) is 42.5 Å². The van der Waals surface area contributed by atoms with Crippen molar-refractivity contribution < 1.29 is 4.79 Å². The van der Waals surface area contributed by atoms with Crippen molar-refractivity contribution in [1.82, 2.24) is 4.90 Å². The van der Waals surface area contributed by atoms with Gasteiger partial charge in [0.2, 0.25) is 5.91 Å². The van der Waals surface area contributed by atoms with Crippen molar-refractivity contribution in [2.24, 2.45) is 0 Å². The second kappa shape index (κ2) is 7.05. The average Bonchev–Trinajstić information content (AvgIpc) is 2.59. The van der Waals surface area contributed by atoms with Crippen LogP contribution in [0.1, 0.15) is 6.92 Å². The number of carbonyl (C=O) groups excluding carboxylic acids is 1. The lowest BCUT2D eigenvalue weighted by Crippen LogP contribution is -2.48. The third-order valence-electron chi connectivity index (χ3n) is 4.22. The van der Waals surface area contributed by atoms with Crippen LogP contribution in [0.25, 0.3) is 0 Å². The smallest absolute Gasteiger partial charge is 0.219 e. The van der Waals surface area contributed by atoms with Crippen LogP contribution in [-0.2, 0) is 4.79 Å². The molecule has 1 aliphatic heterocycles. The Bertz CT molecular complexity index is 724. The van der Waals surface area contributed by atoms with Gasteiger partial charge in [-0.05, 0) is 42.5 Å². The van der Waals surface area contributed by atoms with Gasteiger partial charge in [-0.15, -0.1) is 0 Å². The van der Waals surface area contributed by atoms with Crippen LogP contribution in [-0.4, -0.2) is 37.0 Å². The number of benzene rings is 2. The van der Waals surface area contributed by atoms with E-state index in [0.29, 0.717) is 11.4 Å². The van der Waals surface area contributed by atoms with Crippen molar-refractivity contribution >= 4 is 34.7 Å². The molecule has 0 radical (unpaired) electrons. The molecule has 1 heterocycles. The van der Waals surface area contributed by atoms with Gasteiger partial charge in [0.15, 0.2) is 0 Å². The molecule has 126 valence electrons. The van der Waals surface area contributed by atoms with Crippen molar-refractivity contribution in [3.8, 4) is 0 Å². The van der Waals surface area contributed by atoms with Gasteiger partial charge in [-0.2, -0.15) is 0 Å². The Kier molecular flexibility index (Phi) is 4.85. The van der Waals surface area contributed by atoms with Gasteiger partial charge in [0, 0.05) is 48.6 Å². The minimum atomic E-state index is 0.157. The van der Waals surface area contributed by atoms with Crippen LogP contribution in [0.2, 0.25) is 0 Å². The van der Waals surface area contributed by atoms with Crippen molar-refractivity contribution in [1.29, 1.82) is 0 Å². The SMILES string of the molecule is CC(=O)N1CCN(c2ccc(Sc3ccc(N)c(N)c3)cc2)CC1. The number of rotatable bonds is 3. The van der Waals surface area contributed by atoms with Gasteiger partial charge in [-0.3, -0.25) is 4.79 Å². The van der Waals surface area contributed by atoms with Crippen LogP contribution >= 0.6 is 11.8 Å². The summed E-state index contributed by atoms with van der Waals surface area (Å²) in [5.41, 5.74) is 14.0. The maximum atomic E-state index is 11.4. The van der Waals surface area contributed by atoms with Gasteiger partial charge < -0.3 is 21.3 Å². The lowest BCUT2D eigenvalue weighted by atomic mass is 10.2. The number of carbonyl (C=O) groups is 1. The molecule has 1 saturated heterocycles. The molecular weight excluding hydrogens is 320 g/mol. The fourth-order valence-electron chi connectivity index (χ4n) is 2.76. The van der Waals surface area contributed by atoms with Gasteiger partial charge in [0.25, 0.3) is 0 Å². The number of nitrogens with zero attached hydrogens (tertiary/aromatic N) is 2. The largest absolute Gasteiger partial charge is 0.397 e. The molecule has 24 heavy (non-hydrogen) atoms. The van der Waals surface area contributed by atoms with Crippen molar-refractivity contribution in [2.75, 3.05) is 42.5 Å². The summed E-state index contributed by atoms with van der Waals surface area (Å²) in [5, 5.41) is 0. The molecule has 0 aromatic heterocycles. The summed E-state index contributed by atoms with van der Waals surface area (Å²) in [5.74, 6) is 0.157. The summed E-state index contributed by atoms with van der Waals surface area (Å²) in [6, 6.07) is 14.2. The Labute approximate surface area is 146 Å². The lowest BCUT2D eigenvalue weighted by molar-refractivity contribution is -0.129. The molecule has 0 bridgehead atoms. The Hall–Kier alpha value is -2.34. The van der Waals surface area contributed by atoms with E-state index in [1.54, 1.807) is 18.7 Å². The normalized spacial score (nSPS) is 14.7. The molecule has 2 aromatic carbocycles. The Morgan fingerprint density at radius 3 is 2.12 bits per heavy atom. The number of anilines is 3. The highest BCUT2D eigenvalue weighted by Crippen LogP contribution is 2.32. The van der Waals surface area contributed by atoms with Crippen LogP contribution in [0, 0.1) is 0 Å². The third-order valence-corrected chi connectivity index (χ3v) is 5.22. The molecule has 1 amide bonds. The highest BCUT2D eigenvalue weighted by atomic mass is 32.2. The van der Waals surface area contributed by atoms with Crippen molar-refractivity contribution in [3.63, 3.8) is 0 Å². The van der Waals surface area contributed by atoms with E-state index in [-0.39, 0.29) is 5.91 Å². The first-order chi connectivity index (χ1) is 11.5. The third kappa shape index (κ3) is 3.76. The minimum absolute atomic E-state index is 0.157. The quantitative estimate of drug-likeness (QED) is 0.839. The number of nitrogens with two attached hydrogens (primary N) is 2. The highest BCUT2D eigenvalue weighted by Gasteiger charge is 2.18. The van der Waals surface area contributed by atoms with Gasteiger partial charge in [0.05, 0.1) is 11.4 Å². The number of hydrogen-bond donors (Lipinski definition) is 2. The summed E-state index contributed by atoms with van der Waals surface area (Å²) in [7, 11) is 0. The molecule has 1 fully saturated rings. The summed E-state index contributed by atoms with van der Waals surface area (Å²) in [6.07, 6.45) is 0. The van der Waals surface area contributed by atoms with Crippen LogP contribution < -0.4 is 16.4 Å². The molecule has 0 atom stereocenters. The topological polar surface area (TPSA) is 75.6 Å². The summed E-state index contributed by atoms with van der Waals surface area (Å²) >= 11 is 1.66. The van der Waals surface area contributed by atoms with Crippen LogP contribution in [0.15, 0.2) is 52.3 Å².